The first-order valence-corrected chi connectivity index (χ1v) is 8.91. The molecule has 2 aliphatic rings. The van der Waals surface area contributed by atoms with Crippen LogP contribution in [0.25, 0.3) is 10.8 Å². The van der Waals surface area contributed by atoms with Crippen molar-refractivity contribution in [2.75, 3.05) is 0 Å². The molecule has 0 saturated heterocycles. The standard InChI is InChI=1S/C17H20N2O2S/c20-16(8-13-7-11-3-4-12(13)6-11)18-9-14-10-21-17(19-14)15-2-1-5-22-15/h1-2,5,10-13H,3-4,6-9H2,(H,18,20)/t11-,12-,13+/m0/s1. The molecule has 2 aliphatic carbocycles. The van der Waals surface area contributed by atoms with Crippen LogP contribution in [0.4, 0.5) is 0 Å². The molecule has 5 heteroatoms. The predicted octanol–water partition coefficient (Wildman–Crippen LogP) is 3.85. The number of rotatable bonds is 5. The van der Waals surface area contributed by atoms with Crippen molar-refractivity contribution in [1.82, 2.24) is 10.3 Å². The molecule has 2 saturated carbocycles. The fourth-order valence-corrected chi connectivity index (χ4v) is 4.68. The first-order valence-electron chi connectivity index (χ1n) is 8.03. The number of oxazole rings is 1. The van der Waals surface area contributed by atoms with Gasteiger partial charge in [-0.1, -0.05) is 12.5 Å². The van der Waals surface area contributed by atoms with Crippen LogP contribution in [-0.4, -0.2) is 10.9 Å². The molecule has 0 spiro atoms. The lowest BCUT2D eigenvalue weighted by Gasteiger charge is -2.20. The van der Waals surface area contributed by atoms with Crippen LogP contribution in [-0.2, 0) is 11.3 Å². The average Bonchev–Trinajstić information content (AvgIpc) is 3.27. The minimum absolute atomic E-state index is 0.151. The Bertz CT molecular complexity index is 649. The van der Waals surface area contributed by atoms with E-state index in [-0.39, 0.29) is 5.91 Å². The normalized spacial score (nSPS) is 26.5. The number of carbonyl (C=O) groups is 1. The van der Waals surface area contributed by atoms with Gasteiger partial charge in [-0.2, -0.15) is 0 Å². The van der Waals surface area contributed by atoms with Gasteiger partial charge in [-0.25, -0.2) is 4.98 Å². The molecule has 22 heavy (non-hydrogen) atoms. The molecule has 0 aromatic carbocycles. The predicted molar refractivity (Wildman–Crippen MR) is 85.2 cm³/mol. The summed E-state index contributed by atoms with van der Waals surface area (Å²) in [6.45, 7) is 0.453. The minimum Gasteiger partial charge on any atom is -0.443 e. The second-order valence-electron chi connectivity index (χ2n) is 6.54. The number of carbonyl (C=O) groups excluding carboxylic acids is 1. The number of thiophene rings is 1. The van der Waals surface area contributed by atoms with Crippen LogP contribution in [0.5, 0.6) is 0 Å². The third kappa shape index (κ3) is 2.82. The molecule has 1 N–H and O–H groups in total. The third-order valence-corrected chi connectivity index (χ3v) is 5.94. The summed E-state index contributed by atoms with van der Waals surface area (Å²) < 4.78 is 5.46. The summed E-state index contributed by atoms with van der Waals surface area (Å²) in [5.74, 6) is 3.09. The highest BCUT2D eigenvalue weighted by atomic mass is 32.1. The van der Waals surface area contributed by atoms with Gasteiger partial charge in [0.25, 0.3) is 0 Å². The van der Waals surface area contributed by atoms with Gasteiger partial charge in [0.2, 0.25) is 11.8 Å². The molecule has 2 bridgehead atoms. The van der Waals surface area contributed by atoms with Crippen LogP contribution >= 0.6 is 11.3 Å². The van der Waals surface area contributed by atoms with Crippen LogP contribution < -0.4 is 5.32 Å². The highest BCUT2D eigenvalue weighted by Gasteiger charge is 2.40. The molecule has 0 aliphatic heterocycles. The molecular formula is C17H20N2O2S. The summed E-state index contributed by atoms with van der Waals surface area (Å²) >= 11 is 1.60. The van der Waals surface area contributed by atoms with E-state index in [4.69, 9.17) is 4.42 Å². The van der Waals surface area contributed by atoms with Crippen LogP contribution in [0.3, 0.4) is 0 Å². The lowest BCUT2D eigenvalue weighted by atomic mass is 9.86. The van der Waals surface area contributed by atoms with E-state index < -0.39 is 0 Å². The van der Waals surface area contributed by atoms with E-state index in [1.165, 1.54) is 25.7 Å². The zero-order valence-corrected chi connectivity index (χ0v) is 13.3. The second-order valence-corrected chi connectivity index (χ2v) is 7.48. The van der Waals surface area contributed by atoms with E-state index >= 15 is 0 Å². The molecule has 0 unspecified atom stereocenters. The Morgan fingerprint density at radius 1 is 1.41 bits per heavy atom. The Morgan fingerprint density at radius 3 is 3.09 bits per heavy atom. The number of hydrogen-bond acceptors (Lipinski definition) is 4. The van der Waals surface area contributed by atoms with Crippen molar-refractivity contribution in [2.45, 2.75) is 38.6 Å². The maximum Gasteiger partial charge on any atom is 0.236 e. The van der Waals surface area contributed by atoms with Crippen molar-refractivity contribution in [3.63, 3.8) is 0 Å². The number of nitrogens with zero attached hydrogens (tertiary/aromatic N) is 1. The first-order chi connectivity index (χ1) is 10.8. The van der Waals surface area contributed by atoms with Crippen molar-refractivity contribution in [3.8, 4) is 10.8 Å². The molecule has 1 amide bonds. The quantitative estimate of drug-likeness (QED) is 0.911. The van der Waals surface area contributed by atoms with Crippen molar-refractivity contribution >= 4 is 17.2 Å². The first kappa shape index (κ1) is 14.0. The molecule has 0 radical (unpaired) electrons. The van der Waals surface area contributed by atoms with E-state index in [0.717, 1.165) is 22.4 Å². The number of fused-ring (bicyclic) bond motifs is 2. The molecule has 2 aromatic rings. The molecule has 116 valence electrons. The lowest BCUT2D eigenvalue weighted by Crippen LogP contribution is -2.27. The Kier molecular flexibility index (Phi) is 3.74. The highest BCUT2D eigenvalue weighted by Crippen LogP contribution is 2.49. The van der Waals surface area contributed by atoms with E-state index in [9.17, 15) is 4.79 Å². The SMILES string of the molecule is O=C(C[C@H]1C[C@H]2CC[C@H]1C2)NCc1coc(-c2cccs2)n1. The summed E-state index contributed by atoms with van der Waals surface area (Å²) in [7, 11) is 0. The Balaban J connectivity index is 1.28. The van der Waals surface area contributed by atoms with Gasteiger partial charge in [-0.15, -0.1) is 11.3 Å². The van der Waals surface area contributed by atoms with E-state index in [1.54, 1.807) is 17.6 Å². The summed E-state index contributed by atoms with van der Waals surface area (Å²) in [4.78, 5) is 17.6. The second kappa shape index (κ2) is 5.88. The van der Waals surface area contributed by atoms with E-state index in [0.29, 0.717) is 24.8 Å². The van der Waals surface area contributed by atoms with Gasteiger partial charge in [0, 0.05) is 6.42 Å². The number of amides is 1. The zero-order valence-electron chi connectivity index (χ0n) is 12.5. The molecule has 3 atom stereocenters. The summed E-state index contributed by atoms with van der Waals surface area (Å²) in [5, 5.41) is 4.98. The van der Waals surface area contributed by atoms with Gasteiger partial charge in [0.1, 0.15) is 6.26 Å². The van der Waals surface area contributed by atoms with Crippen molar-refractivity contribution in [3.05, 3.63) is 29.5 Å². The average molecular weight is 316 g/mol. The monoisotopic (exact) mass is 316 g/mol. The molecule has 2 fully saturated rings. The summed E-state index contributed by atoms with van der Waals surface area (Å²) in [5.41, 5.74) is 0.782. The maximum absolute atomic E-state index is 12.1. The van der Waals surface area contributed by atoms with Gasteiger partial charge in [-0.05, 0) is 48.5 Å². The minimum atomic E-state index is 0.151. The van der Waals surface area contributed by atoms with Crippen molar-refractivity contribution in [1.29, 1.82) is 0 Å². The third-order valence-electron chi connectivity index (χ3n) is 5.08. The van der Waals surface area contributed by atoms with Gasteiger partial charge >= 0.3 is 0 Å². The summed E-state index contributed by atoms with van der Waals surface area (Å²) in [6, 6.07) is 3.95. The van der Waals surface area contributed by atoms with Crippen molar-refractivity contribution in [2.24, 2.45) is 17.8 Å². The van der Waals surface area contributed by atoms with Crippen LogP contribution in [0, 0.1) is 17.8 Å². The zero-order chi connectivity index (χ0) is 14.9. The van der Waals surface area contributed by atoms with Crippen LogP contribution in [0.15, 0.2) is 28.2 Å². The molecule has 4 nitrogen and oxygen atoms in total. The molecule has 4 rings (SSSR count). The fourth-order valence-electron chi connectivity index (χ4n) is 4.03. The van der Waals surface area contributed by atoms with Crippen LogP contribution in [0.1, 0.15) is 37.8 Å². The highest BCUT2D eigenvalue weighted by molar-refractivity contribution is 7.13. The number of hydrogen-bond donors (Lipinski definition) is 1. The van der Waals surface area contributed by atoms with Gasteiger partial charge < -0.3 is 9.73 Å². The number of aromatic nitrogens is 1. The van der Waals surface area contributed by atoms with Crippen molar-refractivity contribution < 1.29 is 9.21 Å². The molecule has 2 heterocycles. The smallest absolute Gasteiger partial charge is 0.236 e. The lowest BCUT2D eigenvalue weighted by molar-refractivity contribution is -0.122. The largest absolute Gasteiger partial charge is 0.443 e. The summed E-state index contributed by atoms with van der Waals surface area (Å²) in [6.07, 6.45) is 7.63. The topological polar surface area (TPSA) is 55.1 Å². The Morgan fingerprint density at radius 2 is 2.36 bits per heavy atom. The van der Waals surface area contributed by atoms with E-state index in [2.05, 4.69) is 10.3 Å². The number of nitrogens with one attached hydrogen (secondary N) is 1. The van der Waals surface area contributed by atoms with Gasteiger partial charge in [0.05, 0.1) is 17.1 Å². The Labute approximate surface area is 133 Å². The van der Waals surface area contributed by atoms with Crippen LogP contribution in [0.2, 0.25) is 0 Å². The van der Waals surface area contributed by atoms with E-state index in [1.807, 2.05) is 17.5 Å². The van der Waals surface area contributed by atoms with Gasteiger partial charge in [-0.3, -0.25) is 4.79 Å². The molecule has 2 aromatic heterocycles. The fraction of sp³-hybridized carbons (Fsp3) is 0.529. The molecular weight excluding hydrogens is 296 g/mol. The maximum atomic E-state index is 12.1. The Hall–Kier alpha value is -1.62. The van der Waals surface area contributed by atoms with Gasteiger partial charge in [0.15, 0.2) is 0 Å².